The lowest BCUT2D eigenvalue weighted by atomic mass is 9.94. The number of hydrogen-bond acceptors (Lipinski definition) is 2. The lowest BCUT2D eigenvalue weighted by Gasteiger charge is -2.31. The lowest BCUT2D eigenvalue weighted by molar-refractivity contribution is 0.184. The molecule has 2 nitrogen and oxygen atoms in total. The van der Waals surface area contributed by atoms with Gasteiger partial charge in [0.1, 0.15) is 5.82 Å². The highest BCUT2D eigenvalue weighted by atomic mass is 19.1. The van der Waals surface area contributed by atoms with E-state index in [9.17, 15) is 4.39 Å². The average molecular weight is 250 g/mol. The van der Waals surface area contributed by atoms with Crippen molar-refractivity contribution < 1.29 is 4.39 Å². The summed E-state index contributed by atoms with van der Waals surface area (Å²) in [5.41, 5.74) is 7.78. The zero-order chi connectivity index (χ0) is 13.0. The van der Waals surface area contributed by atoms with Crippen molar-refractivity contribution in [2.45, 2.75) is 51.2 Å². The van der Waals surface area contributed by atoms with E-state index in [0.29, 0.717) is 12.6 Å². The zero-order valence-electron chi connectivity index (χ0n) is 11.2. The monoisotopic (exact) mass is 250 g/mol. The largest absolute Gasteiger partial charge is 0.326 e. The van der Waals surface area contributed by atoms with Crippen LogP contribution in [0.25, 0.3) is 0 Å². The first kappa shape index (κ1) is 13.5. The molecular weight excluding hydrogens is 227 g/mol. The van der Waals surface area contributed by atoms with Gasteiger partial charge in [-0.15, -0.1) is 0 Å². The van der Waals surface area contributed by atoms with Gasteiger partial charge in [-0.3, -0.25) is 4.90 Å². The van der Waals surface area contributed by atoms with Crippen molar-refractivity contribution in [1.82, 2.24) is 4.90 Å². The highest BCUT2D eigenvalue weighted by molar-refractivity contribution is 5.27. The van der Waals surface area contributed by atoms with Gasteiger partial charge in [-0.1, -0.05) is 25.3 Å². The van der Waals surface area contributed by atoms with E-state index in [2.05, 4.69) is 11.9 Å². The third-order valence-corrected chi connectivity index (χ3v) is 4.01. The van der Waals surface area contributed by atoms with E-state index < -0.39 is 0 Å². The first-order valence-corrected chi connectivity index (χ1v) is 6.88. The quantitative estimate of drug-likeness (QED) is 0.890. The van der Waals surface area contributed by atoms with Crippen LogP contribution in [0.15, 0.2) is 18.2 Å². The first-order chi connectivity index (χ1) is 8.70. The van der Waals surface area contributed by atoms with E-state index in [4.69, 9.17) is 5.73 Å². The van der Waals surface area contributed by atoms with E-state index in [-0.39, 0.29) is 5.82 Å². The molecule has 1 aliphatic rings. The molecule has 0 radical (unpaired) electrons. The van der Waals surface area contributed by atoms with Crippen LogP contribution < -0.4 is 5.73 Å². The molecule has 1 aliphatic carbocycles. The highest BCUT2D eigenvalue weighted by Crippen LogP contribution is 2.23. The smallest absolute Gasteiger partial charge is 0.123 e. The second-order valence-corrected chi connectivity index (χ2v) is 5.32. The molecule has 0 spiro atoms. The number of benzene rings is 1. The van der Waals surface area contributed by atoms with Gasteiger partial charge in [0.2, 0.25) is 0 Å². The molecule has 0 bridgehead atoms. The van der Waals surface area contributed by atoms with Crippen LogP contribution >= 0.6 is 0 Å². The Morgan fingerprint density at radius 3 is 2.61 bits per heavy atom. The van der Waals surface area contributed by atoms with E-state index in [0.717, 1.165) is 17.7 Å². The molecule has 0 atom stereocenters. The predicted molar refractivity (Wildman–Crippen MR) is 72.6 cm³/mol. The Labute approximate surface area is 109 Å². The SMILES string of the molecule is CN(Cc1ccc(F)cc1CN)C1CCCCC1. The minimum Gasteiger partial charge on any atom is -0.326 e. The second kappa shape index (κ2) is 6.30. The molecule has 0 unspecified atom stereocenters. The molecule has 0 heterocycles. The average Bonchev–Trinajstić information content (AvgIpc) is 2.41. The van der Waals surface area contributed by atoms with Crippen LogP contribution in [-0.4, -0.2) is 18.0 Å². The molecule has 1 fully saturated rings. The molecule has 1 aromatic rings. The third-order valence-electron chi connectivity index (χ3n) is 4.01. The summed E-state index contributed by atoms with van der Waals surface area (Å²) in [6.45, 7) is 1.28. The minimum atomic E-state index is -0.195. The fourth-order valence-corrected chi connectivity index (χ4v) is 2.86. The van der Waals surface area contributed by atoms with Gasteiger partial charge in [0.15, 0.2) is 0 Å². The number of nitrogens with two attached hydrogens (primary N) is 1. The number of nitrogens with zero attached hydrogens (tertiary/aromatic N) is 1. The summed E-state index contributed by atoms with van der Waals surface area (Å²) in [5.74, 6) is -0.195. The molecule has 1 aromatic carbocycles. The number of halogens is 1. The van der Waals surface area contributed by atoms with Crippen LogP contribution in [0.2, 0.25) is 0 Å². The van der Waals surface area contributed by atoms with E-state index in [1.54, 1.807) is 6.07 Å². The fraction of sp³-hybridized carbons (Fsp3) is 0.600. The molecule has 0 amide bonds. The normalized spacial score (nSPS) is 17.3. The van der Waals surface area contributed by atoms with Crippen LogP contribution in [-0.2, 0) is 13.1 Å². The maximum atomic E-state index is 13.2. The summed E-state index contributed by atoms with van der Waals surface area (Å²) < 4.78 is 13.2. The van der Waals surface area contributed by atoms with Gasteiger partial charge < -0.3 is 5.73 Å². The summed E-state index contributed by atoms with van der Waals surface area (Å²) in [6.07, 6.45) is 6.62. The summed E-state index contributed by atoms with van der Waals surface area (Å²) in [5, 5.41) is 0. The Balaban J connectivity index is 2.03. The molecule has 1 saturated carbocycles. The summed E-state index contributed by atoms with van der Waals surface area (Å²) in [6, 6.07) is 5.64. The standard InChI is InChI=1S/C15H23FN2/c1-18(15-5-3-2-4-6-15)11-12-7-8-14(16)9-13(12)10-17/h7-9,15H,2-6,10-11,17H2,1H3. The van der Waals surface area contributed by atoms with Crippen LogP contribution in [0.1, 0.15) is 43.2 Å². The Kier molecular flexibility index (Phi) is 4.72. The highest BCUT2D eigenvalue weighted by Gasteiger charge is 2.18. The molecule has 18 heavy (non-hydrogen) atoms. The lowest BCUT2D eigenvalue weighted by Crippen LogP contribution is -2.33. The summed E-state index contributed by atoms with van der Waals surface area (Å²) in [7, 11) is 2.17. The Hall–Kier alpha value is -0.930. The van der Waals surface area contributed by atoms with Gasteiger partial charge in [-0.05, 0) is 43.1 Å². The number of hydrogen-bond donors (Lipinski definition) is 1. The molecule has 0 aromatic heterocycles. The van der Waals surface area contributed by atoms with Crippen molar-refractivity contribution >= 4 is 0 Å². The van der Waals surface area contributed by atoms with Crippen molar-refractivity contribution in [1.29, 1.82) is 0 Å². The van der Waals surface area contributed by atoms with Gasteiger partial charge in [0.05, 0.1) is 0 Å². The molecule has 2 N–H and O–H groups in total. The van der Waals surface area contributed by atoms with Crippen molar-refractivity contribution in [3.63, 3.8) is 0 Å². The van der Waals surface area contributed by atoms with Crippen molar-refractivity contribution in [3.05, 3.63) is 35.1 Å². The molecule has 100 valence electrons. The predicted octanol–water partition coefficient (Wildman–Crippen LogP) is 3.05. The zero-order valence-corrected chi connectivity index (χ0v) is 11.2. The van der Waals surface area contributed by atoms with E-state index in [1.807, 2.05) is 6.07 Å². The van der Waals surface area contributed by atoms with Gasteiger partial charge in [-0.25, -0.2) is 4.39 Å². The Morgan fingerprint density at radius 2 is 1.94 bits per heavy atom. The van der Waals surface area contributed by atoms with Crippen LogP contribution in [0.5, 0.6) is 0 Å². The van der Waals surface area contributed by atoms with Gasteiger partial charge in [-0.2, -0.15) is 0 Å². The minimum absolute atomic E-state index is 0.195. The molecule has 3 heteroatoms. The van der Waals surface area contributed by atoms with Gasteiger partial charge >= 0.3 is 0 Å². The summed E-state index contributed by atoms with van der Waals surface area (Å²) >= 11 is 0. The van der Waals surface area contributed by atoms with Crippen LogP contribution in [0.3, 0.4) is 0 Å². The fourth-order valence-electron chi connectivity index (χ4n) is 2.86. The number of rotatable bonds is 4. The first-order valence-electron chi connectivity index (χ1n) is 6.88. The maximum Gasteiger partial charge on any atom is 0.123 e. The Bertz CT molecular complexity index is 386. The van der Waals surface area contributed by atoms with Gasteiger partial charge in [0, 0.05) is 19.1 Å². The van der Waals surface area contributed by atoms with E-state index in [1.165, 1.54) is 38.2 Å². The van der Waals surface area contributed by atoms with Crippen LogP contribution in [0.4, 0.5) is 4.39 Å². The van der Waals surface area contributed by atoms with Gasteiger partial charge in [0.25, 0.3) is 0 Å². The van der Waals surface area contributed by atoms with Crippen molar-refractivity contribution in [2.24, 2.45) is 5.73 Å². The third kappa shape index (κ3) is 3.30. The maximum absolute atomic E-state index is 13.2. The topological polar surface area (TPSA) is 29.3 Å². The van der Waals surface area contributed by atoms with E-state index >= 15 is 0 Å². The summed E-state index contributed by atoms with van der Waals surface area (Å²) in [4.78, 5) is 2.39. The molecule has 0 aliphatic heterocycles. The molecular formula is C15H23FN2. The molecule has 0 saturated heterocycles. The molecule has 2 rings (SSSR count). The Morgan fingerprint density at radius 1 is 1.22 bits per heavy atom. The van der Waals surface area contributed by atoms with Crippen molar-refractivity contribution in [3.8, 4) is 0 Å². The second-order valence-electron chi connectivity index (χ2n) is 5.32. The van der Waals surface area contributed by atoms with Crippen molar-refractivity contribution in [2.75, 3.05) is 7.05 Å². The van der Waals surface area contributed by atoms with Crippen LogP contribution in [0, 0.1) is 5.82 Å².